The first kappa shape index (κ1) is 20.6. The Balaban J connectivity index is 2.79. The fourth-order valence-corrected chi connectivity index (χ4v) is 2.39. The normalized spacial score (nSPS) is 19.1. The van der Waals surface area contributed by atoms with Gasteiger partial charge in [0.2, 0.25) is 0 Å². The van der Waals surface area contributed by atoms with E-state index in [1.807, 2.05) is 56.3 Å². The minimum Gasteiger partial charge on any atom is -0.380 e. The van der Waals surface area contributed by atoms with Gasteiger partial charge in [-0.15, -0.1) is 0 Å². The van der Waals surface area contributed by atoms with Crippen molar-refractivity contribution in [2.75, 3.05) is 7.05 Å². The van der Waals surface area contributed by atoms with Gasteiger partial charge < -0.3 is 15.3 Å². The van der Waals surface area contributed by atoms with Gasteiger partial charge in [0.1, 0.15) is 6.10 Å². The van der Waals surface area contributed by atoms with Gasteiger partial charge in [0.25, 0.3) is 0 Å². The molecule has 0 spiro atoms. The van der Waals surface area contributed by atoms with Crippen LogP contribution < -0.4 is 5.32 Å². The zero-order chi connectivity index (χ0) is 18.8. The van der Waals surface area contributed by atoms with Crippen molar-refractivity contribution in [3.05, 3.63) is 84.9 Å². The van der Waals surface area contributed by atoms with E-state index in [1.54, 1.807) is 24.4 Å². The fourth-order valence-electron chi connectivity index (χ4n) is 2.39. The Morgan fingerprint density at radius 2 is 2.16 bits per heavy atom. The Labute approximate surface area is 150 Å². The fraction of sp³-hybridized carbons (Fsp3) is 0.286. The Bertz CT molecular complexity index is 651. The summed E-state index contributed by atoms with van der Waals surface area (Å²) in [6.45, 7) is 11.4. The third-order valence-electron chi connectivity index (χ3n) is 3.94. The van der Waals surface area contributed by atoms with Crippen molar-refractivity contribution >= 4 is 5.78 Å². The summed E-state index contributed by atoms with van der Waals surface area (Å²) in [5.41, 5.74) is 1.71. The molecule has 134 valence electrons. The van der Waals surface area contributed by atoms with Crippen molar-refractivity contribution in [1.29, 1.82) is 0 Å². The van der Waals surface area contributed by atoms with Crippen LogP contribution in [0.4, 0.5) is 0 Å². The lowest BCUT2D eigenvalue weighted by molar-refractivity contribution is -0.121. The number of hydrogen-bond donors (Lipinski definition) is 2. The van der Waals surface area contributed by atoms with Crippen LogP contribution in [-0.4, -0.2) is 35.0 Å². The van der Waals surface area contributed by atoms with Gasteiger partial charge in [-0.05, 0) is 45.0 Å². The molecule has 0 saturated heterocycles. The number of aliphatic hydroxyl groups excluding tert-OH is 1. The van der Waals surface area contributed by atoms with Gasteiger partial charge >= 0.3 is 0 Å². The third kappa shape index (κ3) is 5.85. The van der Waals surface area contributed by atoms with Crippen LogP contribution in [0.25, 0.3) is 0 Å². The van der Waals surface area contributed by atoms with Crippen molar-refractivity contribution < 1.29 is 9.90 Å². The van der Waals surface area contributed by atoms with Crippen LogP contribution in [0.1, 0.15) is 20.3 Å². The number of aliphatic hydroxyl groups is 1. The highest BCUT2D eigenvalue weighted by atomic mass is 16.3. The van der Waals surface area contributed by atoms with Crippen LogP contribution in [0.5, 0.6) is 0 Å². The molecule has 2 atom stereocenters. The molecule has 0 fully saturated rings. The zero-order valence-corrected chi connectivity index (χ0v) is 15.3. The lowest BCUT2D eigenvalue weighted by Gasteiger charge is -2.19. The molecule has 1 aliphatic rings. The molecule has 1 aliphatic carbocycles. The number of Topliss-reactive ketones (excluding diaryl/α,β-unsaturated/α-hetero) is 1. The first-order valence-electron chi connectivity index (χ1n) is 8.33. The minimum absolute atomic E-state index is 0.239. The molecule has 2 N–H and O–H groups in total. The predicted molar refractivity (Wildman–Crippen MR) is 105 cm³/mol. The number of allylic oxidation sites excluding steroid dienone is 4. The van der Waals surface area contributed by atoms with E-state index in [-0.39, 0.29) is 11.6 Å². The standard InChI is InChI=1S/C21H28N2O2/c1-6-15-23(8-3)19(7-2)14-9-16(4)20(24)21(25)17-10-12-18(22-5)13-11-17/h6-12,14-15,18,21-22,25H,3-4,13H2,1-2,5H3/b14-9-,15-6-,19-7+. The number of rotatable bonds is 9. The van der Waals surface area contributed by atoms with Crippen molar-refractivity contribution in [1.82, 2.24) is 10.2 Å². The number of hydrogen-bond acceptors (Lipinski definition) is 4. The van der Waals surface area contributed by atoms with Gasteiger partial charge in [-0.3, -0.25) is 4.79 Å². The van der Waals surface area contributed by atoms with Crippen LogP contribution in [0.3, 0.4) is 0 Å². The van der Waals surface area contributed by atoms with E-state index in [2.05, 4.69) is 18.5 Å². The average Bonchev–Trinajstić information content (AvgIpc) is 2.66. The van der Waals surface area contributed by atoms with Crippen molar-refractivity contribution in [2.45, 2.75) is 32.4 Å². The summed E-state index contributed by atoms with van der Waals surface area (Å²) in [6, 6.07) is 0.239. The monoisotopic (exact) mass is 340 g/mol. The van der Waals surface area contributed by atoms with E-state index in [9.17, 15) is 9.90 Å². The second-order valence-electron chi connectivity index (χ2n) is 5.61. The first-order valence-corrected chi connectivity index (χ1v) is 8.33. The molecule has 0 saturated carbocycles. The molecule has 0 aliphatic heterocycles. The quantitative estimate of drug-likeness (QED) is 0.499. The maximum atomic E-state index is 12.4. The smallest absolute Gasteiger partial charge is 0.195 e. The Kier molecular flexibility index (Phi) is 8.61. The molecule has 0 radical (unpaired) electrons. The van der Waals surface area contributed by atoms with Crippen LogP contribution in [0.2, 0.25) is 0 Å². The number of carbonyl (C=O) groups excluding carboxylic acids is 1. The molecule has 0 amide bonds. The summed E-state index contributed by atoms with van der Waals surface area (Å²) in [6.07, 6.45) is 15.9. The van der Waals surface area contributed by atoms with Crippen molar-refractivity contribution in [3.63, 3.8) is 0 Å². The highest BCUT2D eigenvalue weighted by molar-refractivity contribution is 6.02. The molecular formula is C21H28N2O2. The van der Waals surface area contributed by atoms with Gasteiger partial charge in [0.05, 0.1) is 0 Å². The molecule has 4 nitrogen and oxygen atoms in total. The van der Waals surface area contributed by atoms with Crippen LogP contribution in [0, 0.1) is 0 Å². The summed E-state index contributed by atoms with van der Waals surface area (Å²) in [5, 5.41) is 13.4. The number of likely N-dealkylation sites (N-methyl/N-ethyl adjacent to an activating group) is 1. The van der Waals surface area contributed by atoms with Crippen LogP contribution >= 0.6 is 0 Å². The zero-order valence-electron chi connectivity index (χ0n) is 15.3. The Morgan fingerprint density at radius 1 is 1.44 bits per heavy atom. The lowest BCUT2D eigenvalue weighted by atomic mass is 9.94. The maximum absolute atomic E-state index is 12.4. The van der Waals surface area contributed by atoms with E-state index < -0.39 is 11.9 Å². The number of nitrogens with one attached hydrogen (secondary N) is 1. The molecule has 0 heterocycles. The second kappa shape index (κ2) is 10.4. The van der Waals surface area contributed by atoms with Crippen molar-refractivity contribution in [3.8, 4) is 0 Å². The van der Waals surface area contributed by atoms with E-state index >= 15 is 0 Å². The van der Waals surface area contributed by atoms with E-state index in [0.29, 0.717) is 5.57 Å². The lowest BCUT2D eigenvalue weighted by Crippen LogP contribution is -2.28. The Hall–Kier alpha value is -2.43. The molecule has 0 aromatic carbocycles. The summed E-state index contributed by atoms with van der Waals surface area (Å²) in [5.74, 6) is -0.401. The average molecular weight is 340 g/mol. The summed E-state index contributed by atoms with van der Waals surface area (Å²) in [7, 11) is 1.88. The molecule has 4 heteroatoms. The van der Waals surface area contributed by atoms with Gasteiger partial charge in [-0.25, -0.2) is 0 Å². The van der Waals surface area contributed by atoms with Crippen LogP contribution in [0.15, 0.2) is 84.9 Å². The van der Waals surface area contributed by atoms with Crippen LogP contribution in [-0.2, 0) is 4.79 Å². The topological polar surface area (TPSA) is 52.6 Å². The molecule has 0 aromatic heterocycles. The molecular weight excluding hydrogens is 312 g/mol. The highest BCUT2D eigenvalue weighted by Crippen LogP contribution is 2.17. The molecule has 25 heavy (non-hydrogen) atoms. The highest BCUT2D eigenvalue weighted by Gasteiger charge is 2.21. The van der Waals surface area contributed by atoms with Gasteiger partial charge in [0.15, 0.2) is 5.78 Å². The van der Waals surface area contributed by atoms with E-state index in [4.69, 9.17) is 0 Å². The summed E-state index contributed by atoms with van der Waals surface area (Å²) >= 11 is 0. The second-order valence-corrected chi connectivity index (χ2v) is 5.61. The molecule has 1 rings (SSSR count). The third-order valence-corrected chi connectivity index (χ3v) is 3.94. The van der Waals surface area contributed by atoms with E-state index in [1.165, 1.54) is 0 Å². The van der Waals surface area contributed by atoms with Crippen molar-refractivity contribution in [2.24, 2.45) is 0 Å². The summed E-state index contributed by atoms with van der Waals surface area (Å²) in [4.78, 5) is 14.2. The Morgan fingerprint density at radius 3 is 2.64 bits per heavy atom. The van der Waals surface area contributed by atoms with Gasteiger partial charge in [0, 0.05) is 29.7 Å². The number of carbonyl (C=O) groups is 1. The van der Waals surface area contributed by atoms with E-state index in [0.717, 1.165) is 12.1 Å². The number of nitrogens with zero attached hydrogens (tertiary/aromatic N) is 1. The van der Waals surface area contributed by atoms with Gasteiger partial charge in [-0.1, -0.05) is 43.5 Å². The van der Waals surface area contributed by atoms with Gasteiger partial charge in [-0.2, -0.15) is 0 Å². The predicted octanol–water partition coefficient (Wildman–Crippen LogP) is 3.39. The molecule has 0 aromatic rings. The first-order chi connectivity index (χ1) is 12.0. The number of ketones is 1. The largest absolute Gasteiger partial charge is 0.380 e. The SMILES string of the molecule is C=CN(/C=C\C)C(/C=C\C(=C)C(=O)C(O)C1=CCC(NC)C=C1)=C/C. The maximum Gasteiger partial charge on any atom is 0.195 e. The molecule has 2 unspecified atom stereocenters. The molecule has 0 bridgehead atoms. The minimum atomic E-state index is -1.19. The summed E-state index contributed by atoms with van der Waals surface area (Å²) < 4.78 is 0.